The lowest BCUT2D eigenvalue weighted by Gasteiger charge is -2.57. The first kappa shape index (κ1) is 20.2. The third-order valence-electron chi connectivity index (χ3n) is 7.33. The minimum absolute atomic E-state index is 0.166. The van der Waals surface area contributed by atoms with E-state index in [1.165, 1.54) is 5.19 Å². The van der Waals surface area contributed by atoms with E-state index in [1.807, 2.05) is 6.07 Å². The summed E-state index contributed by atoms with van der Waals surface area (Å²) in [6.07, 6.45) is 11.5. The summed E-state index contributed by atoms with van der Waals surface area (Å²) < 4.78 is 6.17. The highest BCUT2D eigenvalue weighted by molar-refractivity contribution is 6.91. The van der Waals surface area contributed by atoms with E-state index in [1.54, 1.807) is 0 Å². The maximum Gasteiger partial charge on any atom is 0.0859 e. The lowest BCUT2D eigenvalue weighted by Crippen LogP contribution is -2.63. The summed E-state index contributed by atoms with van der Waals surface area (Å²) in [5, 5.41) is 22.8. The molecule has 0 bridgehead atoms. The van der Waals surface area contributed by atoms with Crippen LogP contribution in [0.3, 0.4) is 0 Å². The molecule has 1 aliphatic carbocycles. The van der Waals surface area contributed by atoms with Gasteiger partial charge in [-0.1, -0.05) is 61.5 Å². The fourth-order valence-corrected chi connectivity index (χ4v) is 10.1. The van der Waals surface area contributed by atoms with Crippen molar-refractivity contribution < 1.29 is 14.9 Å². The number of benzene rings is 1. The molecule has 2 N–H and O–H groups in total. The molecule has 1 aromatic carbocycles. The van der Waals surface area contributed by atoms with E-state index >= 15 is 0 Å². The first-order valence-electron chi connectivity index (χ1n) is 9.65. The van der Waals surface area contributed by atoms with Crippen LogP contribution < -0.4 is 5.19 Å². The third kappa shape index (κ3) is 2.87. The second-order valence-electron chi connectivity index (χ2n) is 8.98. The standard InChI is InChI=1S/C23H30O3Si/c1-6-11-18-21-22(3,16-26-18)20(14-19(25)23(21,7-2)15-24)27(4,5)17-12-9-8-10-13-17/h1-2,8-10,12-13,18-21,24-25H,11,14-16H2,3-5H3/t18-,19?,20+,21-,22+,23+/m0/s1. The van der Waals surface area contributed by atoms with Gasteiger partial charge in [0.25, 0.3) is 0 Å². The zero-order chi connectivity index (χ0) is 19.9. The molecule has 1 heterocycles. The molecule has 1 aromatic rings. The Bertz CT molecular complexity index is 762. The van der Waals surface area contributed by atoms with E-state index < -0.39 is 19.6 Å². The number of rotatable bonds is 4. The number of hydrogen-bond donors (Lipinski definition) is 2. The molecular weight excluding hydrogens is 352 g/mol. The monoisotopic (exact) mass is 382 g/mol. The fourth-order valence-electron chi connectivity index (χ4n) is 5.96. The van der Waals surface area contributed by atoms with Crippen molar-refractivity contribution in [3.05, 3.63) is 30.3 Å². The summed E-state index contributed by atoms with van der Waals surface area (Å²) in [5.74, 6) is 5.31. The minimum atomic E-state index is -1.96. The van der Waals surface area contributed by atoms with Crippen molar-refractivity contribution in [2.24, 2.45) is 16.7 Å². The van der Waals surface area contributed by atoms with Crippen LogP contribution in [0.1, 0.15) is 19.8 Å². The van der Waals surface area contributed by atoms with E-state index in [9.17, 15) is 10.2 Å². The van der Waals surface area contributed by atoms with Crippen molar-refractivity contribution in [3.8, 4) is 24.7 Å². The van der Waals surface area contributed by atoms with Crippen molar-refractivity contribution >= 4 is 13.3 Å². The SMILES string of the molecule is C#CC[C@@H]1OC[C@]2(C)[C@H]([Si](C)(C)c3ccccc3)CC(O)[C@@](C#C)(CO)[C@@H]12. The molecule has 2 fully saturated rings. The summed E-state index contributed by atoms with van der Waals surface area (Å²) in [6.45, 7) is 7.25. The van der Waals surface area contributed by atoms with Gasteiger partial charge >= 0.3 is 0 Å². The first-order chi connectivity index (χ1) is 12.8. The van der Waals surface area contributed by atoms with E-state index in [4.69, 9.17) is 17.6 Å². The van der Waals surface area contributed by atoms with Gasteiger partial charge in [-0.05, 0) is 17.4 Å². The van der Waals surface area contributed by atoms with Crippen molar-refractivity contribution in [2.75, 3.05) is 13.2 Å². The number of hydrogen-bond acceptors (Lipinski definition) is 3. The van der Waals surface area contributed by atoms with E-state index in [2.05, 4.69) is 56.1 Å². The number of aliphatic hydroxyl groups excluding tert-OH is 2. The average molecular weight is 383 g/mol. The van der Waals surface area contributed by atoms with Gasteiger partial charge in [-0.25, -0.2) is 0 Å². The van der Waals surface area contributed by atoms with Crippen LogP contribution in [-0.4, -0.2) is 43.7 Å². The van der Waals surface area contributed by atoms with Gasteiger partial charge in [0.1, 0.15) is 0 Å². The van der Waals surface area contributed by atoms with Crippen LogP contribution in [0.25, 0.3) is 0 Å². The first-order valence-corrected chi connectivity index (χ1v) is 12.7. The van der Waals surface area contributed by atoms with E-state index in [0.717, 1.165) is 0 Å². The lowest BCUT2D eigenvalue weighted by atomic mass is 9.53. The van der Waals surface area contributed by atoms with Crippen LogP contribution in [0.15, 0.2) is 30.3 Å². The Hall–Kier alpha value is -1.56. The lowest BCUT2D eigenvalue weighted by molar-refractivity contribution is -0.0967. The van der Waals surface area contributed by atoms with Gasteiger partial charge in [0.05, 0.1) is 38.9 Å². The largest absolute Gasteiger partial charge is 0.395 e. The highest BCUT2D eigenvalue weighted by atomic mass is 28.3. The minimum Gasteiger partial charge on any atom is -0.395 e. The number of aliphatic hydroxyl groups is 2. The Labute approximate surface area is 164 Å². The molecular formula is C23H30O3Si. The second kappa shape index (κ2) is 7.11. The summed E-state index contributed by atoms with van der Waals surface area (Å²) >= 11 is 0. The van der Waals surface area contributed by atoms with Crippen LogP contribution in [0.5, 0.6) is 0 Å². The Morgan fingerprint density at radius 3 is 2.48 bits per heavy atom. The van der Waals surface area contributed by atoms with Crippen LogP contribution >= 0.6 is 0 Å². The molecule has 6 atom stereocenters. The maximum atomic E-state index is 11.2. The predicted molar refractivity (Wildman–Crippen MR) is 111 cm³/mol. The fraction of sp³-hybridized carbons (Fsp3) is 0.565. The normalized spacial score (nSPS) is 38.6. The average Bonchev–Trinajstić information content (AvgIpc) is 3.01. The molecule has 1 saturated heterocycles. The van der Waals surface area contributed by atoms with Crippen molar-refractivity contribution in [1.29, 1.82) is 0 Å². The third-order valence-corrected chi connectivity index (χ3v) is 11.8. The maximum absolute atomic E-state index is 11.2. The van der Waals surface area contributed by atoms with Gasteiger partial charge in [0, 0.05) is 12.3 Å². The molecule has 3 nitrogen and oxygen atoms in total. The summed E-state index contributed by atoms with van der Waals surface area (Å²) in [6, 6.07) is 10.6. The Morgan fingerprint density at radius 2 is 1.93 bits per heavy atom. The topological polar surface area (TPSA) is 49.7 Å². The van der Waals surface area contributed by atoms with Crippen LogP contribution in [-0.2, 0) is 4.74 Å². The zero-order valence-corrected chi connectivity index (χ0v) is 17.5. The quantitative estimate of drug-likeness (QED) is 0.621. The molecule has 0 radical (unpaired) electrons. The zero-order valence-electron chi connectivity index (χ0n) is 16.5. The van der Waals surface area contributed by atoms with Crippen molar-refractivity contribution in [1.82, 2.24) is 0 Å². The molecule has 4 heteroatoms. The Balaban J connectivity index is 2.12. The molecule has 1 aliphatic heterocycles. The Morgan fingerprint density at radius 1 is 1.26 bits per heavy atom. The summed E-state index contributed by atoms with van der Waals surface area (Å²) in [4.78, 5) is 0. The highest BCUT2D eigenvalue weighted by Crippen LogP contribution is 2.64. The van der Waals surface area contributed by atoms with Crippen molar-refractivity contribution in [2.45, 2.75) is 50.6 Å². The van der Waals surface area contributed by atoms with Crippen LogP contribution in [0.2, 0.25) is 18.6 Å². The van der Waals surface area contributed by atoms with Crippen LogP contribution in [0.4, 0.5) is 0 Å². The molecule has 1 unspecified atom stereocenters. The van der Waals surface area contributed by atoms with Crippen molar-refractivity contribution in [3.63, 3.8) is 0 Å². The van der Waals surface area contributed by atoms with Gasteiger partial charge in [-0.2, -0.15) is 0 Å². The van der Waals surface area contributed by atoms with E-state index in [-0.39, 0.29) is 29.6 Å². The van der Waals surface area contributed by atoms with Gasteiger partial charge in [-0.3, -0.25) is 0 Å². The van der Waals surface area contributed by atoms with Gasteiger partial charge < -0.3 is 14.9 Å². The molecule has 1 saturated carbocycles. The van der Waals surface area contributed by atoms with Gasteiger partial charge in [0.2, 0.25) is 0 Å². The molecule has 3 rings (SSSR count). The molecule has 0 amide bonds. The molecule has 2 aliphatic rings. The summed E-state index contributed by atoms with van der Waals surface area (Å²) in [5.41, 5.74) is -0.977. The Kier molecular flexibility index (Phi) is 5.32. The van der Waals surface area contributed by atoms with Crippen LogP contribution in [0, 0.1) is 41.4 Å². The molecule has 144 valence electrons. The van der Waals surface area contributed by atoms with Gasteiger partial charge in [-0.15, -0.1) is 18.8 Å². The smallest absolute Gasteiger partial charge is 0.0859 e. The number of fused-ring (bicyclic) bond motifs is 1. The van der Waals surface area contributed by atoms with E-state index in [0.29, 0.717) is 19.4 Å². The molecule has 27 heavy (non-hydrogen) atoms. The second-order valence-corrected chi connectivity index (χ2v) is 13.7. The number of ether oxygens (including phenoxy) is 1. The van der Waals surface area contributed by atoms with Gasteiger partial charge in [0.15, 0.2) is 0 Å². The summed E-state index contributed by atoms with van der Waals surface area (Å²) in [7, 11) is -1.96. The molecule has 0 spiro atoms. The highest BCUT2D eigenvalue weighted by Gasteiger charge is 2.67. The molecule has 0 aromatic heterocycles. The predicted octanol–water partition coefficient (Wildman–Crippen LogP) is 2.39. The number of terminal acetylenes is 2.